The molecule has 0 bridgehead atoms. The third-order valence-electron chi connectivity index (χ3n) is 1.73. The van der Waals surface area contributed by atoms with Crippen LogP contribution in [0.25, 0.3) is 0 Å². The minimum Gasteiger partial charge on any atom is -0.532 e. The van der Waals surface area contributed by atoms with Gasteiger partial charge in [0.15, 0.2) is 5.88 Å². The number of hydrogen-bond acceptors (Lipinski definition) is 2. The minimum atomic E-state index is -1.68. The number of hydrogen-bond donors (Lipinski definition) is 0. The molecule has 0 N–H and O–H groups in total. The third kappa shape index (κ3) is 5.28. The van der Waals surface area contributed by atoms with Crippen LogP contribution >= 0.6 is 15.9 Å². The number of benzene rings is 1. The van der Waals surface area contributed by atoms with Crippen LogP contribution in [0.1, 0.15) is 5.56 Å². The van der Waals surface area contributed by atoms with Crippen molar-refractivity contribution in [2.24, 2.45) is 4.99 Å². The van der Waals surface area contributed by atoms with E-state index in [1.54, 1.807) is 6.07 Å². The molecule has 0 saturated carbocycles. The lowest BCUT2D eigenvalue weighted by Gasteiger charge is -2.17. The Hall–Kier alpha value is -0.943. The second kappa shape index (κ2) is 5.60. The Kier molecular flexibility index (Phi) is 4.65. The van der Waals surface area contributed by atoms with Crippen LogP contribution < -0.4 is 0 Å². The molecule has 1 aromatic rings. The van der Waals surface area contributed by atoms with E-state index in [1.807, 2.05) is 19.6 Å². The molecule has 0 aliphatic carbocycles. The lowest BCUT2D eigenvalue weighted by atomic mass is 10.2. The highest BCUT2D eigenvalue weighted by atomic mass is 79.9. The second-order valence-corrected chi connectivity index (χ2v) is 9.82. The largest absolute Gasteiger partial charge is 0.532 e. The standard InChI is InChI=1S/C12H15BrFNOSi/c1-9(16-17(2,3)4)15-8-10-7-11(14)5-6-12(10)13/h5-8H,1H2,2-4H3/b15-8+. The van der Waals surface area contributed by atoms with Crippen LogP contribution in [-0.4, -0.2) is 14.5 Å². The zero-order valence-electron chi connectivity index (χ0n) is 10.1. The molecule has 0 saturated heterocycles. The summed E-state index contributed by atoms with van der Waals surface area (Å²) >= 11 is 3.32. The maximum absolute atomic E-state index is 13.0. The van der Waals surface area contributed by atoms with Crippen LogP contribution in [0.5, 0.6) is 0 Å². The lowest BCUT2D eigenvalue weighted by molar-refractivity contribution is 0.421. The fourth-order valence-corrected chi connectivity index (χ4v) is 2.24. The Labute approximate surface area is 110 Å². The molecule has 0 spiro atoms. The molecular formula is C12H15BrFNOSi. The topological polar surface area (TPSA) is 21.6 Å². The van der Waals surface area contributed by atoms with Crippen LogP contribution in [0.4, 0.5) is 4.39 Å². The first-order valence-corrected chi connectivity index (χ1v) is 9.35. The van der Waals surface area contributed by atoms with Gasteiger partial charge in [-0.25, -0.2) is 9.38 Å². The van der Waals surface area contributed by atoms with Crippen molar-refractivity contribution in [1.29, 1.82) is 0 Å². The minimum absolute atomic E-state index is 0.300. The van der Waals surface area contributed by atoms with Crippen LogP contribution in [0.2, 0.25) is 19.6 Å². The molecule has 0 radical (unpaired) electrons. The summed E-state index contributed by atoms with van der Waals surface area (Å²) < 4.78 is 19.4. The lowest BCUT2D eigenvalue weighted by Crippen LogP contribution is -2.24. The fourth-order valence-electron chi connectivity index (χ4n) is 1.13. The van der Waals surface area contributed by atoms with Gasteiger partial charge in [-0.15, -0.1) is 0 Å². The molecule has 0 aromatic heterocycles. The van der Waals surface area contributed by atoms with Crippen molar-refractivity contribution >= 4 is 30.5 Å². The second-order valence-electron chi connectivity index (χ2n) is 4.53. The molecule has 0 atom stereocenters. The predicted molar refractivity (Wildman–Crippen MR) is 75.3 cm³/mol. The number of nitrogens with zero attached hydrogens (tertiary/aromatic N) is 1. The molecule has 1 aromatic carbocycles. The van der Waals surface area contributed by atoms with Gasteiger partial charge in [-0.1, -0.05) is 15.9 Å². The molecule has 1 rings (SSSR count). The molecule has 0 amide bonds. The average molecular weight is 316 g/mol. The van der Waals surface area contributed by atoms with E-state index < -0.39 is 8.32 Å². The van der Waals surface area contributed by atoms with Crippen LogP contribution in [0, 0.1) is 5.82 Å². The predicted octanol–water partition coefficient (Wildman–Crippen LogP) is 4.33. The van der Waals surface area contributed by atoms with Crippen LogP contribution in [-0.2, 0) is 4.43 Å². The van der Waals surface area contributed by atoms with E-state index in [0.717, 1.165) is 4.47 Å². The van der Waals surface area contributed by atoms with Crippen molar-refractivity contribution in [2.75, 3.05) is 0 Å². The van der Waals surface area contributed by atoms with Crippen LogP contribution in [0.15, 0.2) is 40.1 Å². The van der Waals surface area contributed by atoms with Gasteiger partial charge in [0, 0.05) is 16.3 Å². The highest BCUT2D eigenvalue weighted by Crippen LogP contribution is 2.17. The number of aliphatic imine (C=N–C) groups is 1. The van der Waals surface area contributed by atoms with Gasteiger partial charge < -0.3 is 4.43 Å². The van der Waals surface area contributed by atoms with Gasteiger partial charge in [0.25, 0.3) is 0 Å². The van der Waals surface area contributed by atoms with Crippen molar-refractivity contribution in [3.8, 4) is 0 Å². The van der Waals surface area contributed by atoms with Crippen molar-refractivity contribution in [2.45, 2.75) is 19.6 Å². The van der Waals surface area contributed by atoms with E-state index in [2.05, 4.69) is 27.5 Å². The van der Waals surface area contributed by atoms with Gasteiger partial charge in [-0.05, 0) is 44.4 Å². The highest BCUT2D eigenvalue weighted by molar-refractivity contribution is 9.10. The molecule has 5 heteroatoms. The van der Waals surface area contributed by atoms with Crippen molar-refractivity contribution < 1.29 is 8.82 Å². The Morgan fingerprint density at radius 3 is 2.71 bits per heavy atom. The Bertz CT molecular complexity index is 454. The van der Waals surface area contributed by atoms with Gasteiger partial charge in [0.2, 0.25) is 8.32 Å². The van der Waals surface area contributed by atoms with Gasteiger partial charge in [0.05, 0.1) is 0 Å². The molecule has 17 heavy (non-hydrogen) atoms. The molecule has 0 unspecified atom stereocenters. The summed E-state index contributed by atoms with van der Waals surface area (Å²) in [6.45, 7) is 9.86. The average Bonchev–Trinajstić information content (AvgIpc) is 2.17. The first-order valence-electron chi connectivity index (χ1n) is 5.15. The molecular weight excluding hydrogens is 301 g/mol. The van der Waals surface area contributed by atoms with Crippen molar-refractivity contribution in [1.82, 2.24) is 0 Å². The van der Waals surface area contributed by atoms with E-state index in [0.29, 0.717) is 11.4 Å². The van der Waals surface area contributed by atoms with Gasteiger partial charge in [0.1, 0.15) is 5.82 Å². The van der Waals surface area contributed by atoms with E-state index in [-0.39, 0.29) is 5.82 Å². The van der Waals surface area contributed by atoms with E-state index >= 15 is 0 Å². The number of halogens is 2. The Morgan fingerprint density at radius 2 is 2.12 bits per heavy atom. The summed E-state index contributed by atoms with van der Waals surface area (Å²) in [4.78, 5) is 4.08. The highest BCUT2D eigenvalue weighted by Gasteiger charge is 2.16. The number of rotatable bonds is 4. The summed E-state index contributed by atoms with van der Waals surface area (Å²) in [6, 6.07) is 4.42. The van der Waals surface area contributed by atoms with E-state index in [1.165, 1.54) is 18.3 Å². The maximum atomic E-state index is 13.0. The van der Waals surface area contributed by atoms with Gasteiger partial charge >= 0.3 is 0 Å². The molecule has 2 nitrogen and oxygen atoms in total. The summed E-state index contributed by atoms with van der Waals surface area (Å²) in [6.07, 6.45) is 1.54. The SMILES string of the molecule is C=C(/N=C/c1cc(F)ccc1Br)O[Si](C)(C)C. The fraction of sp³-hybridized carbons (Fsp3) is 0.250. The molecule has 0 fully saturated rings. The Morgan fingerprint density at radius 1 is 1.47 bits per heavy atom. The zero-order valence-corrected chi connectivity index (χ0v) is 12.7. The first-order chi connectivity index (χ1) is 7.78. The third-order valence-corrected chi connectivity index (χ3v) is 3.30. The summed E-state index contributed by atoms with van der Waals surface area (Å²) in [5.41, 5.74) is 0.658. The van der Waals surface area contributed by atoms with E-state index in [9.17, 15) is 4.39 Å². The van der Waals surface area contributed by atoms with E-state index in [4.69, 9.17) is 4.43 Å². The zero-order chi connectivity index (χ0) is 13.1. The summed E-state index contributed by atoms with van der Waals surface area (Å²) in [5, 5.41) is 0. The quantitative estimate of drug-likeness (QED) is 0.460. The molecule has 0 aliphatic heterocycles. The normalized spacial score (nSPS) is 11.8. The van der Waals surface area contributed by atoms with Crippen molar-refractivity contribution in [3.05, 3.63) is 46.5 Å². The van der Waals surface area contributed by atoms with Crippen molar-refractivity contribution in [3.63, 3.8) is 0 Å². The van der Waals surface area contributed by atoms with Gasteiger partial charge in [-0.3, -0.25) is 0 Å². The first kappa shape index (κ1) is 14.1. The monoisotopic (exact) mass is 315 g/mol. The molecule has 0 aliphatic rings. The van der Waals surface area contributed by atoms with Crippen LogP contribution in [0.3, 0.4) is 0 Å². The Balaban J connectivity index is 2.77. The smallest absolute Gasteiger partial charge is 0.244 e. The maximum Gasteiger partial charge on any atom is 0.244 e. The summed E-state index contributed by atoms with van der Waals surface area (Å²) in [5.74, 6) is 0.0618. The van der Waals surface area contributed by atoms with Gasteiger partial charge in [-0.2, -0.15) is 0 Å². The molecule has 0 heterocycles. The summed E-state index contributed by atoms with van der Waals surface area (Å²) in [7, 11) is -1.68. The molecule has 92 valence electrons.